The van der Waals surface area contributed by atoms with Gasteiger partial charge in [0.1, 0.15) is 6.29 Å². The zero-order chi connectivity index (χ0) is 8.81. The Morgan fingerprint density at radius 1 is 1.17 bits per heavy atom. The quantitative estimate of drug-likeness (QED) is 0.488. The third-order valence-electron chi connectivity index (χ3n) is 1.57. The molecule has 60 valence electrons. The van der Waals surface area contributed by atoms with Crippen LogP contribution in [0, 0.1) is 0 Å². The van der Waals surface area contributed by atoms with E-state index in [1.54, 1.807) is 12.2 Å². The van der Waals surface area contributed by atoms with Crippen molar-refractivity contribution in [3.05, 3.63) is 48.0 Å². The lowest BCUT2D eigenvalue weighted by molar-refractivity contribution is -0.104. The van der Waals surface area contributed by atoms with Gasteiger partial charge in [-0.1, -0.05) is 43.0 Å². The molecule has 1 nitrogen and oxygen atoms in total. The third-order valence-corrected chi connectivity index (χ3v) is 1.57. The third kappa shape index (κ3) is 1.92. The Labute approximate surface area is 72.0 Å². The Balaban J connectivity index is 3.04. The van der Waals surface area contributed by atoms with Gasteiger partial charge in [-0.3, -0.25) is 4.79 Å². The van der Waals surface area contributed by atoms with Crippen molar-refractivity contribution in [2.75, 3.05) is 0 Å². The maximum Gasteiger partial charge on any atom is 0.142 e. The fraction of sp³-hybridized carbons (Fsp3) is 0. The van der Waals surface area contributed by atoms with Crippen LogP contribution in [-0.2, 0) is 4.79 Å². The molecule has 0 heterocycles. The SMILES string of the molecule is C=Cc1ccccc1C=CC=O. The second-order valence-corrected chi connectivity index (χ2v) is 2.33. The molecule has 0 saturated carbocycles. The largest absolute Gasteiger partial charge is 0.299 e. The van der Waals surface area contributed by atoms with Crippen LogP contribution in [0.15, 0.2) is 36.9 Å². The summed E-state index contributed by atoms with van der Waals surface area (Å²) in [5.41, 5.74) is 2.05. The lowest BCUT2D eigenvalue weighted by Crippen LogP contribution is -1.77. The number of carbonyl (C=O) groups is 1. The number of rotatable bonds is 3. The first-order valence-corrected chi connectivity index (χ1v) is 3.72. The molecule has 0 unspecified atom stereocenters. The van der Waals surface area contributed by atoms with E-state index in [0.29, 0.717) is 0 Å². The first-order valence-electron chi connectivity index (χ1n) is 3.72. The zero-order valence-corrected chi connectivity index (χ0v) is 6.73. The van der Waals surface area contributed by atoms with Gasteiger partial charge in [0, 0.05) is 0 Å². The fourth-order valence-electron chi connectivity index (χ4n) is 0.992. The van der Waals surface area contributed by atoms with Crippen LogP contribution in [0.3, 0.4) is 0 Å². The van der Waals surface area contributed by atoms with Crippen LogP contribution < -0.4 is 0 Å². The Bertz CT molecular complexity index is 311. The Morgan fingerprint density at radius 2 is 1.83 bits per heavy atom. The van der Waals surface area contributed by atoms with E-state index in [4.69, 9.17) is 0 Å². The van der Waals surface area contributed by atoms with Crippen molar-refractivity contribution >= 4 is 18.4 Å². The lowest BCUT2D eigenvalue weighted by Gasteiger charge is -1.97. The summed E-state index contributed by atoms with van der Waals surface area (Å²) < 4.78 is 0. The summed E-state index contributed by atoms with van der Waals surface area (Å²) >= 11 is 0. The molecular formula is C11H10O. The summed E-state index contributed by atoms with van der Waals surface area (Å²) in [5.74, 6) is 0. The molecule has 0 fully saturated rings. The van der Waals surface area contributed by atoms with Crippen LogP contribution in [0.25, 0.3) is 12.2 Å². The van der Waals surface area contributed by atoms with Crippen LogP contribution in [0.4, 0.5) is 0 Å². The molecule has 1 aromatic carbocycles. The van der Waals surface area contributed by atoms with Crippen molar-refractivity contribution in [3.8, 4) is 0 Å². The highest BCUT2D eigenvalue weighted by Crippen LogP contribution is 2.10. The molecule has 0 radical (unpaired) electrons. The van der Waals surface area contributed by atoms with Gasteiger partial charge in [0.2, 0.25) is 0 Å². The molecule has 0 spiro atoms. The van der Waals surface area contributed by atoms with Gasteiger partial charge in [-0.05, 0) is 17.2 Å². The van der Waals surface area contributed by atoms with Gasteiger partial charge >= 0.3 is 0 Å². The van der Waals surface area contributed by atoms with Gasteiger partial charge in [0.05, 0.1) is 0 Å². The summed E-state index contributed by atoms with van der Waals surface area (Å²) in [6.45, 7) is 3.68. The van der Waals surface area contributed by atoms with Crippen molar-refractivity contribution in [2.24, 2.45) is 0 Å². The molecule has 0 bridgehead atoms. The first kappa shape index (κ1) is 8.47. The average Bonchev–Trinajstić information content (AvgIpc) is 2.15. The molecule has 1 heteroatoms. The van der Waals surface area contributed by atoms with Gasteiger partial charge in [-0.25, -0.2) is 0 Å². The van der Waals surface area contributed by atoms with E-state index in [9.17, 15) is 4.79 Å². The molecular weight excluding hydrogens is 148 g/mol. The lowest BCUT2D eigenvalue weighted by atomic mass is 10.1. The number of carbonyl (C=O) groups excluding carboxylic acids is 1. The molecule has 0 aliphatic carbocycles. The van der Waals surface area contributed by atoms with Crippen LogP contribution in [-0.4, -0.2) is 6.29 Å². The van der Waals surface area contributed by atoms with Gasteiger partial charge < -0.3 is 0 Å². The average molecular weight is 158 g/mol. The topological polar surface area (TPSA) is 17.1 Å². The predicted molar refractivity (Wildman–Crippen MR) is 51.6 cm³/mol. The highest BCUT2D eigenvalue weighted by molar-refractivity contribution is 5.76. The van der Waals surface area contributed by atoms with Crippen molar-refractivity contribution in [3.63, 3.8) is 0 Å². The van der Waals surface area contributed by atoms with Crippen LogP contribution in [0.5, 0.6) is 0 Å². The molecule has 0 aliphatic heterocycles. The fourth-order valence-corrected chi connectivity index (χ4v) is 0.992. The van der Waals surface area contributed by atoms with E-state index in [-0.39, 0.29) is 0 Å². The van der Waals surface area contributed by atoms with E-state index in [0.717, 1.165) is 17.4 Å². The molecule has 1 rings (SSSR count). The zero-order valence-electron chi connectivity index (χ0n) is 6.73. The van der Waals surface area contributed by atoms with Gasteiger partial charge in [-0.2, -0.15) is 0 Å². The summed E-state index contributed by atoms with van der Waals surface area (Å²) in [7, 11) is 0. The number of hydrogen-bond donors (Lipinski definition) is 0. The number of aldehydes is 1. The second kappa shape index (κ2) is 4.29. The minimum Gasteiger partial charge on any atom is -0.299 e. The van der Waals surface area contributed by atoms with E-state index in [1.165, 1.54) is 6.08 Å². The van der Waals surface area contributed by atoms with E-state index >= 15 is 0 Å². The van der Waals surface area contributed by atoms with Crippen LogP contribution in [0.1, 0.15) is 11.1 Å². The molecule has 0 N–H and O–H groups in total. The summed E-state index contributed by atoms with van der Waals surface area (Å²) in [4.78, 5) is 10.1. The molecule has 0 saturated heterocycles. The van der Waals surface area contributed by atoms with E-state index in [2.05, 4.69) is 6.58 Å². The first-order chi connectivity index (χ1) is 5.88. The number of benzene rings is 1. The molecule has 0 atom stereocenters. The maximum atomic E-state index is 10.1. The highest BCUT2D eigenvalue weighted by atomic mass is 16.1. The normalized spacial score (nSPS) is 10.0. The van der Waals surface area contributed by atoms with Crippen molar-refractivity contribution in [2.45, 2.75) is 0 Å². The molecule has 0 amide bonds. The second-order valence-electron chi connectivity index (χ2n) is 2.33. The monoisotopic (exact) mass is 158 g/mol. The van der Waals surface area contributed by atoms with E-state index < -0.39 is 0 Å². The number of hydrogen-bond acceptors (Lipinski definition) is 1. The molecule has 0 aromatic heterocycles. The minimum absolute atomic E-state index is 0.764. The standard InChI is InChI=1S/C11H10O/c1-2-10-6-3-4-7-11(10)8-5-9-12/h2-9H,1H2. The molecule has 1 aromatic rings. The minimum atomic E-state index is 0.764. The van der Waals surface area contributed by atoms with Crippen LogP contribution >= 0.6 is 0 Å². The smallest absolute Gasteiger partial charge is 0.142 e. The highest BCUT2D eigenvalue weighted by Gasteiger charge is 1.90. The molecule has 12 heavy (non-hydrogen) atoms. The van der Waals surface area contributed by atoms with E-state index in [1.807, 2.05) is 24.3 Å². The summed E-state index contributed by atoms with van der Waals surface area (Å²) in [6, 6.07) is 7.77. The van der Waals surface area contributed by atoms with Gasteiger partial charge in [-0.15, -0.1) is 0 Å². The van der Waals surface area contributed by atoms with Crippen molar-refractivity contribution < 1.29 is 4.79 Å². The summed E-state index contributed by atoms with van der Waals surface area (Å²) in [6.07, 6.45) is 5.77. The summed E-state index contributed by atoms with van der Waals surface area (Å²) in [5, 5.41) is 0. The Kier molecular flexibility index (Phi) is 3.03. The predicted octanol–water partition coefficient (Wildman–Crippen LogP) is 2.54. The maximum absolute atomic E-state index is 10.1. The van der Waals surface area contributed by atoms with Crippen molar-refractivity contribution in [1.82, 2.24) is 0 Å². The number of allylic oxidation sites excluding steroid dienone is 1. The van der Waals surface area contributed by atoms with Crippen LogP contribution in [0.2, 0.25) is 0 Å². The van der Waals surface area contributed by atoms with Gasteiger partial charge in [0.25, 0.3) is 0 Å². The Hall–Kier alpha value is -1.63. The Morgan fingerprint density at radius 3 is 2.42 bits per heavy atom. The van der Waals surface area contributed by atoms with Crippen molar-refractivity contribution in [1.29, 1.82) is 0 Å². The van der Waals surface area contributed by atoms with Gasteiger partial charge in [0.15, 0.2) is 0 Å². The molecule has 0 aliphatic rings.